The van der Waals surface area contributed by atoms with E-state index in [0.717, 1.165) is 10.9 Å². The van der Waals surface area contributed by atoms with Gasteiger partial charge in [-0.1, -0.05) is 40.2 Å². The van der Waals surface area contributed by atoms with Gasteiger partial charge in [-0.25, -0.2) is 0 Å². The Labute approximate surface area is 112 Å². The third kappa shape index (κ3) is 2.99. The Morgan fingerprint density at radius 3 is 2.53 bits per heavy atom. The molecule has 17 heavy (non-hydrogen) atoms. The maximum Gasteiger partial charge on any atom is 0.0893 e. The van der Waals surface area contributed by atoms with Gasteiger partial charge in [-0.05, 0) is 44.4 Å². The molecule has 0 aliphatic carbocycles. The largest absolute Gasteiger partial charge is 0.370 e. The van der Waals surface area contributed by atoms with Crippen LogP contribution in [-0.4, -0.2) is 6.10 Å². The first-order chi connectivity index (χ1) is 8.08. The predicted octanol–water partition coefficient (Wildman–Crippen LogP) is 4.88. The Kier molecular flexibility index (Phi) is 4.05. The molecule has 0 amide bonds. The standard InChI is InChI=1S/C15H19BrO/c1-10(2)14-9-4-11(3)17-15(14)12-5-7-13(16)8-6-12/h5-8,11,14-15H,1,4,9H2,2-3H3/t11-,14+,15+/m0/s1. The van der Waals surface area contributed by atoms with Crippen LogP contribution in [0.4, 0.5) is 0 Å². The second-order valence-electron chi connectivity index (χ2n) is 4.95. The van der Waals surface area contributed by atoms with E-state index in [1.807, 2.05) is 0 Å². The Hall–Kier alpha value is -0.600. The van der Waals surface area contributed by atoms with Gasteiger partial charge >= 0.3 is 0 Å². The molecule has 1 aliphatic rings. The van der Waals surface area contributed by atoms with E-state index in [1.165, 1.54) is 17.6 Å². The smallest absolute Gasteiger partial charge is 0.0893 e. The highest BCUT2D eigenvalue weighted by Gasteiger charge is 2.30. The quantitative estimate of drug-likeness (QED) is 0.706. The van der Waals surface area contributed by atoms with Crippen molar-refractivity contribution >= 4 is 15.9 Å². The monoisotopic (exact) mass is 294 g/mol. The Bertz CT molecular complexity index is 396. The van der Waals surface area contributed by atoms with Crippen molar-refractivity contribution in [3.05, 3.63) is 46.5 Å². The fourth-order valence-corrected chi connectivity index (χ4v) is 2.71. The average molecular weight is 295 g/mol. The Balaban J connectivity index is 2.25. The minimum atomic E-state index is 0.171. The normalized spacial score (nSPS) is 29.0. The van der Waals surface area contributed by atoms with Crippen molar-refractivity contribution in [3.63, 3.8) is 0 Å². The summed E-state index contributed by atoms with van der Waals surface area (Å²) < 4.78 is 7.22. The lowest BCUT2D eigenvalue weighted by Crippen LogP contribution is -2.28. The van der Waals surface area contributed by atoms with Gasteiger partial charge in [0.2, 0.25) is 0 Å². The number of hydrogen-bond donors (Lipinski definition) is 0. The van der Waals surface area contributed by atoms with Gasteiger partial charge in [-0.2, -0.15) is 0 Å². The Morgan fingerprint density at radius 2 is 1.94 bits per heavy atom. The number of benzene rings is 1. The topological polar surface area (TPSA) is 9.23 Å². The summed E-state index contributed by atoms with van der Waals surface area (Å²) in [6.45, 7) is 8.37. The zero-order valence-electron chi connectivity index (χ0n) is 10.4. The van der Waals surface area contributed by atoms with Crippen molar-refractivity contribution in [1.29, 1.82) is 0 Å². The molecule has 0 radical (unpaired) electrons. The lowest BCUT2D eigenvalue weighted by molar-refractivity contribution is -0.0672. The maximum absolute atomic E-state index is 6.11. The summed E-state index contributed by atoms with van der Waals surface area (Å²) in [6, 6.07) is 8.44. The number of hydrogen-bond acceptors (Lipinski definition) is 1. The van der Waals surface area contributed by atoms with E-state index < -0.39 is 0 Å². The van der Waals surface area contributed by atoms with Gasteiger partial charge in [0.15, 0.2) is 0 Å². The van der Waals surface area contributed by atoms with Gasteiger partial charge < -0.3 is 4.74 Å². The molecule has 1 fully saturated rings. The van der Waals surface area contributed by atoms with Gasteiger partial charge in [0, 0.05) is 10.4 Å². The summed E-state index contributed by atoms with van der Waals surface area (Å²) in [7, 11) is 0. The van der Waals surface area contributed by atoms with E-state index in [-0.39, 0.29) is 6.10 Å². The van der Waals surface area contributed by atoms with E-state index in [0.29, 0.717) is 12.0 Å². The molecule has 1 nitrogen and oxygen atoms in total. The number of rotatable bonds is 2. The molecule has 1 aromatic carbocycles. The van der Waals surface area contributed by atoms with Crippen LogP contribution in [0.15, 0.2) is 40.9 Å². The van der Waals surface area contributed by atoms with Crippen LogP contribution in [0.3, 0.4) is 0 Å². The summed E-state index contributed by atoms with van der Waals surface area (Å²) in [5.74, 6) is 0.451. The van der Waals surface area contributed by atoms with Gasteiger partial charge in [-0.15, -0.1) is 0 Å². The van der Waals surface area contributed by atoms with E-state index in [9.17, 15) is 0 Å². The van der Waals surface area contributed by atoms with E-state index in [2.05, 4.69) is 60.6 Å². The molecule has 1 saturated heterocycles. The lowest BCUT2D eigenvalue weighted by atomic mass is 9.83. The molecular formula is C15H19BrO. The zero-order valence-corrected chi connectivity index (χ0v) is 12.0. The van der Waals surface area contributed by atoms with Crippen molar-refractivity contribution in [2.75, 3.05) is 0 Å². The van der Waals surface area contributed by atoms with E-state index in [4.69, 9.17) is 4.74 Å². The van der Waals surface area contributed by atoms with Gasteiger partial charge in [0.05, 0.1) is 12.2 Å². The van der Waals surface area contributed by atoms with Crippen LogP contribution in [-0.2, 0) is 4.74 Å². The molecule has 0 N–H and O–H groups in total. The predicted molar refractivity (Wildman–Crippen MR) is 75.0 cm³/mol. The van der Waals surface area contributed by atoms with Crippen molar-refractivity contribution in [2.45, 2.75) is 38.9 Å². The minimum absolute atomic E-state index is 0.171. The molecule has 1 heterocycles. The maximum atomic E-state index is 6.11. The number of ether oxygens (including phenoxy) is 1. The van der Waals surface area contributed by atoms with Crippen LogP contribution in [0.2, 0.25) is 0 Å². The molecule has 2 rings (SSSR count). The highest BCUT2D eigenvalue weighted by Crippen LogP contribution is 2.39. The molecule has 1 aliphatic heterocycles. The zero-order chi connectivity index (χ0) is 12.4. The molecular weight excluding hydrogens is 276 g/mol. The molecule has 92 valence electrons. The summed E-state index contributed by atoms with van der Waals surface area (Å²) in [5, 5.41) is 0. The summed E-state index contributed by atoms with van der Waals surface area (Å²) in [4.78, 5) is 0. The Morgan fingerprint density at radius 1 is 1.29 bits per heavy atom. The van der Waals surface area contributed by atoms with Crippen molar-refractivity contribution in [2.24, 2.45) is 5.92 Å². The van der Waals surface area contributed by atoms with Crippen LogP contribution >= 0.6 is 15.9 Å². The van der Waals surface area contributed by atoms with Gasteiger partial charge in [0.25, 0.3) is 0 Å². The van der Waals surface area contributed by atoms with E-state index in [1.54, 1.807) is 0 Å². The first-order valence-electron chi connectivity index (χ1n) is 6.14. The molecule has 0 unspecified atom stereocenters. The third-order valence-electron chi connectivity index (χ3n) is 3.46. The highest BCUT2D eigenvalue weighted by molar-refractivity contribution is 9.10. The lowest BCUT2D eigenvalue weighted by Gasteiger charge is -2.36. The van der Waals surface area contributed by atoms with Crippen molar-refractivity contribution in [1.82, 2.24) is 0 Å². The third-order valence-corrected chi connectivity index (χ3v) is 3.99. The summed E-state index contributed by atoms with van der Waals surface area (Å²) in [6.07, 6.45) is 2.82. The van der Waals surface area contributed by atoms with Crippen molar-refractivity contribution < 1.29 is 4.74 Å². The van der Waals surface area contributed by atoms with Gasteiger partial charge in [-0.3, -0.25) is 0 Å². The average Bonchev–Trinajstić information content (AvgIpc) is 2.29. The first kappa shape index (κ1) is 12.8. The summed E-state index contributed by atoms with van der Waals surface area (Å²) in [5.41, 5.74) is 2.48. The molecule has 0 bridgehead atoms. The van der Waals surface area contributed by atoms with Crippen LogP contribution in [0.5, 0.6) is 0 Å². The molecule has 2 heteroatoms. The van der Waals surface area contributed by atoms with Crippen LogP contribution in [0.1, 0.15) is 38.4 Å². The van der Waals surface area contributed by atoms with Crippen molar-refractivity contribution in [3.8, 4) is 0 Å². The number of halogens is 1. The highest BCUT2D eigenvalue weighted by atomic mass is 79.9. The second-order valence-corrected chi connectivity index (χ2v) is 5.86. The molecule has 3 atom stereocenters. The van der Waals surface area contributed by atoms with Crippen LogP contribution in [0, 0.1) is 5.92 Å². The molecule has 1 aromatic rings. The second kappa shape index (κ2) is 5.36. The summed E-state index contributed by atoms with van der Waals surface area (Å²) >= 11 is 3.47. The fourth-order valence-electron chi connectivity index (χ4n) is 2.45. The molecule has 0 spiro atoms. The van der Waals surface area contributed by atoms with Crippen LogP contribution in [0.25, 0.3) is 0 Å². The molecule has 0 saturated carbocycles. The van der Waals surface area contributed by atoms with Gasteiger partial charge in [0.1, 0.15) is 0 Å². The SMILES string of the molecule is C=C(C)[C@H]1CC[C@H](C)O[C@@H]1c1ccc(Br)cc1. The first-order valence-corrected chi connectivity index (χ1v) is 6.93. The minimum Gasteiger partial charge on any atom is -0.370 e. The van der Waals surface area contributed by atoms with E-state index >= 15 is 0 Å². The molecule has 0 aromatic heterocycles. The van der Waals surface area contributed by atoms with Crippen LogP contribution < -0.4 is 0 Å². The fraction of sp³-hybridized carbons (Fsp3) is 0.467.